The number of aromatic nitrogens is 3. The SMILES string of the molecule is C1=Cn2c(nc3c4ccccc4nc(-c4cccc(-c5ccc6sc7ccccc7c6c5)c4)c32)C1. The first kappa shape index (κ1) is 19.1. The van der Waals surface area contributed by atoms with Crippen LogP contribution in [0.2, 0.25) is 0 Å². The zero-order valence-corrected chi connectivity index (χ0v) is 19.6. The largest absolute Gasteiger partial charge is 0.301 e. The lowest BCUT2D eigenvalue weighted by atomic mass is 9.99. The van der Waals surface area contributed by atoms with Gasteiger partial charge >= 0.3 is 0 Å². The number of rotatable bonds is 2. The molecule has 0 saturated heterocycles. The number of fused-ring (bicyclic) bond motifs is 8. The molecule has 1 aliphatic heterocycles. The fourth-order valence-corrected chi connectivity index (χ4v) is 6.45. The van der Waals surface area contributed by atoms with Crippen molar-refractivity contribution >= 4 is 59.6 Å². The van der Waals surface area contributed by atoms with Crippen LogP contribution in [0.15, 0.2) is 97.1 Å². The molecule has 0 N–H and O–H groups in total. The van der Waals surface area contributed by atoms with Crippen molar-refractivity contribution in [2.45, 2.75) is 6.42 Å². The van der Waals surface area contributed by atoms with Crippen LogP contribution >= 0.6 is 11.3 Å². The average Bonchev–Trinajstić information content (AvgIpc) is 3.61. The molecule has 7 aromatic rings. The van der Waals surface area contributed by atoms with Gasteiger partial charge in [-0.2, -0.15) is 0 Å². The van der Waals surface area contributed by atoms with E-state index in [1.54, 1.807) is 0 Å². The highest BCUT2D eigenvalue weighted by Crippen LogP contribution is 2.38. The Morgan fingerprint density at radius 2 is 1.46 bits per heavy atom. The van der Waals surface area contributed by atoms with E-state index in [0.29, 0.717) is 0 Å². The van der Waals surface area contributed by atoms with Gasteiger partial charge in [-0.1, -0.05) is 66.7 Å². The summed E-state index contributed by atoms with van der Waals surface area (Å²) in [6, 6.07) is 32.6. The number of imidazole rings is 1. The maximum Gasteiger partial charge on any atom is 0.117 e. The molecule has 164 valence electrons. The molecule has 8 rings (SSSR count). The second kappa shape index (κ2) is 7.11. The average molecular weight is 466 g/mol. The van der Waals surface area contributed by atoms with Crippen LogP contribution in [0.1, 0.15) is 5.82 Å². The van der Waals surface area contributed by atoms with E-state index >= 15 is 0 Å². The first-order chi connectivity index (χ1) is 17.3. The third kappa shape index (κ3) is 2.77. The van der Waals surface area contributed by atoms with Crippen LogP contribution in [0.5, 0.6) is 0 Å². The lowest BCUT2D eigenvalue weighted by Gasteiger charge is -2.10. The Morgan fingerprint density at radius 3 is 2.43 bits per heavy atom. The molecule has 4 aromatic carbocycles. The second-order valence-corrected chi connectivity index (χ2v) is 10.1. The van der Waals surface area contributed by atoms with Crippen molar-refractivity contribution in [3.63, 3.8) is 0 Å². The molecule has 0 saturated carbocycles. The molecular weight excluding hydrogens is 446 g/mol. The van der Waals surface area contributed by atoms with Crippen LogP contribution in [0.3, 0.4) is 0 Å². The summed E-state index contributed by atoms with van der Waals surface area (Å²) in [5.74, 6) is 1.07. The van der Waals surface area contributed by atoms with Gasteiger partial charge in [-0.15, -0.1) is 11.3 Å². The Balaban J connectivity index is 1.36. The van der Waals surface area contributed by atoms with Crippen LogP contribution in [0, 0.1) is 0 Å². The molecule has 0 aliphatic carbocycles. The predicted octanol–water partition coefficient (Wildman–Crippen LogP) is 8.31. The van der Waals surface area contributed by atoms with E-state index in [4.69, 9.17) is 9.97 Å². The van der Waals surface area contributed by atoms with Crippen molar-refractivity contribution in [3.05, 3.63) is 103 Å². The highest BCUT2D eigenvalue weighted by atomic mass is 32.1. The molecular formula is C31H19N3S. The summed E-state index contributed by atoms with van der Waals surface area (Å²) in [6.45, 7) is 0. The van der Waals surface area contributed by atoms with Gasteiger partial charge in [0.25, 0.3) is 0 Å². The Kier molecular flexibility index (Phi) is 3.87. The minimum absolute atomic E-state index is 0.858. The maximum absolute atomic E-state index is 5.15. The number of para-hydroxylation sites is 1. The van der Waals surface area contributed by atoms with Crippen molar-refractivity contribution in [1.82, 2.24) is 14.5 Å². The van der Waals surface area contributed by atoms with Crippen molar-refractivity contribution in [1.29, 1.82) is 0 Å². The number of allylic oxidation sites excluding steroid dienone is 1. The lowest BCUT2D eigenvalue weighted by Crippen LogP contribution is -1.94. The summed E-state index contributed by atoms with van der Waals surface area (Å²) in [4.78, 5) is 10.2. The van der Waals surface area contributed by atoms with Crippen LogP contribution in [-0.2, 0) is 6.42 Å². The highest BCUT2D eigenvalue weighted by Gasteiger charge is 2.20. The zero-order chi connectivity index (χ0) is 22.9. The van der Waals surface area contributed by atoms with Gasteiger partial charge < -0.3 is 4.57 Å². The summed E-state index contributed by atoms with van der Waals surface area (Å²) in [5, 5.41) is 3.75. The van der Waals surface area contributed by atoms with Crippen molar-refractivity contribution in [3.8, 4) is 22.4 Å². The number of nitrogens with zero attached hydrogens (tertiary/aromatic N) is 3. The summed E-state index contributed by atoms with van der Waals surface area (Å²) < 4.78 is 4.87. The van der Waals surface area contributed by atoms with Crippen molar-refractivity contribution in [2.24, 2.45) is 0 Å². The molecule has 0 spiro atoms. The van der Waals surface area contributed by atoms with E-state index in [2.05, 4.69) is 102 Å². The van der Waals surface area contributed by atoms with Crippen LogP contribution in [0.25, 0.3) is 70.7 Å². The van der Waals surface area contributed by atoms with E-state index in [0.717, 1.165) is 45.4 Å². The molecule has 4 heterocycles. The van der Waals surface area contributed by atoms with Crippen LogP contribution in [0.4, 0.5) is 0 Å². The number of hydrogen-bond donors (Lipinski definition) is 0. The van der Waals surface area contributed by atoms with Crippen LogP contribution < -0.4 is 0 Å². The number of benzene rings is 4. The lowest BCUT2D eigenvalue weighted by molar-refractivity contribution is 1.04. The third-order valence-corrected chi connectivity index (χ3v) is 8.15. The molecule has 1 aliphatic rings. The summed E-state index contributed by atoms with van der Waals surface area (Å²) >= 11 is 1.85. The minimum Gasteiger partial charge on any atom is -0.301 e. The van der Waals surface area contributed by atoms with Crippen LogP contribution in [-0.4, -0.2) is 14.5 Å². The van der Waals surface area contributed by atoms with Gasteiger partial charge in [0.1, 0.15) is 11.3 Å². The molecule has 3 nitrogen and oxygen atoms in total. The van der Waals surface area contributed by atoms with E-state index in [9.17, 15) is 0 Å². The topological polar surface area (TPSA) is 30.7 Å². The maximum atomic E-state index is 5.15. The minimum atomic E-state index is 0.858. The highest BCUT2D eigenvalue weighted by molar-refractivity contribution is 7.25. The smallest absolute Gasteiger partial charge is 0.117 e. The van der Waals surface area contributed by atoms with E-state index in [-0.39, 0.29) is 0 Å². The molecule has 0 amide bonds. The molecule has 3 aromatic heterocycles. The number of thiophene rings is 1. The van der Waals surface area contributed by atoms with Crippen molar-refractivity contribution in [2.75, 3.05) is 0 Å². The van der Waals surface area contributed by atoms with Gasteiger partial charge in [0.05, 0.1) is 16.7 Å². The standard InChI is InChI=1S/C31H19N3S/c1-3-11-25-23(10-1)30-31(34-16-6-13-28(34)33-30)29(32-25)21-8-5-7-19(17-21)20-14-15-27-24(18-20)22-9-2-4-12-26(22)35-27/h1-12,14-18H,13H2. The van der Waals surface area contributed by atoms with Gasteiger partial charge in [0.15, 0.2) is 0 Å². The first-order valence-corrected chi connectivity index (χ1v) is 12.6. The van der Waals surface area contributed by atoms with Gasteiger partial charge in [-0.05, 0) is 41.5 Å². The quantitative estimate of drug-likeness (QED) is 0.257. The van der Waals surface area contributed by atoms with E-state index in [1.807, 2.05) is 17.4 Å². The molecule has 0 bridgehead atoms. The van der Waals surface area contributed by atoms with Gasteiger partial charge in [-0.3, -0.25) is 0 Å². The molecule has 0 fully saturated rings. The first-order valence-electron chi connectivity index (χ1n) is 11.8. The number of pyridine rings is 1. The molecule has 4 heteroatoms. The number of hydrogen-bond acceptors (Lipinski definition) is 3. The normalized spacial score (nSPS) is 12.9. The summed E-state index contributed by atoms with van der Waals surface area (Å²) in [6.07, 6.45) is 5.15. The molecule has 0 atom stereocenters. The van der Waals surface area contributed by atoms with Gasteiger partial charge in [0, 0.05) is 43.7 Å². The Morgan fingerprint density at radius 1 is 0.657 bits per heavy atom. The fraction of sp³-hybridized carbons (Fsp3) is 0.0323. The molecule has 0 radical (unpaired) electrons. The summed E-state index contributed by atoms with van der Waals surface area (Å²) in [7, 11) is 0. The summed E-state index contributed by atoms with van der Waals surface area (Å²) in [5.41, 5.74) is 7.60. The monoisotopic (exact) mass is 465 g/mol. The zero-order valence-electron chi connectivity index (χ0n) is 18.8. The fourth-order valence-electron chi connectivity index (χ4n) is 5.36. The Labute approximate surface area is 205 Å². The Bertz CT molecular complexity index is 1990. The second-order valence-electron chi connectivity index (χ2n) is 9.05. The Hall–Kier alpha value is -4.28. The predicted molar refractivity (Wildman–Crippen MR) is 148 cm³/mol. The van der Waals surface area contributed by atoms with E-state index in [1.165, 1.54) is 31.3 Å². The van der Waals surface area contributed by atoms with Gasteiger partial charge in [0.2, 0.25) is 0 Å². The third-order valence-electron chi connectivity index (χ3n) is 7.00. The molecule has 0 unspecified atom stereocenters. The molecule has 35 heavy (non-hydrogen) atoms. The van der Waals surface area contributed by atoms with Crippen molar-refractivity contribution < 1.29 is 0 Å². The van der Waals surface area contributed by atoms with E-state index < -0.39 is 0 Å². The van der Waals surface area contributed by atoms with Gasteiger partial charge in [-0.25, -0.2) is 9.97 Å².